The second-order valence-electron chi connectivity index (χ2n) is 8.48. The molecular weight excluding hydrogens is 388 g/mol. The zero-order valence-corrected chi connectivity index (χ0v) is 17.8. The third kappa shape index (κ3) is 2.66. The highest BCUT2D eigenvalue weighted by Gasteiger charge is 2.47. The highest BCUT2D eigenvalue weighted by atomic mass is 35.5. The van der Waals surface area contributed by atoms with E-state index in [9.17, 15) is 5.11 Å². The van der Waals surface area contributed by atoms with Gasteiger partial charge < -0.3 is 5.11 Å². The van der Waals surface area contributed by atoms with Crippen molar-refractivity contribution in [2.24, 2.45) is 0 Å². The molecule has 0 saturated carbocycles. The second-order valence-corrected chi connectivity index (χ2v) is 8.92. The Hall–Kier alpha value is -2.87. The minimum absolute atomic E-state index is 0.200. The first-order chi connectivity index (χ1) is 14.4. The van der Waals surface area contributed by atoms with Crippen molar-refractivity contribution >= 4 is 11.6 Å². The molecule has 148 valence electrons. The first kappa shape index (κ1) is 19.1. The summed E-state index contributed by atoms with van der Waals surface area (Å²) in [7, 11) is 0. The lowest BCUT2D eigenvalue weighted by molar-refractivity contribution is 0.117. The third-order valence-corrected chi connectivity index (χ3v) is 6.70. The summed E-state index contributed by atoms with van der Waals surface area (Å²) in [6.45, 7) is 4.46. The van der Waals surface area contributed by atoms with Gasteiger partial charge in [0.2, 0.25) is 0 Å². The first-order valence-corrected chi connectivity index (χ1v) is 10.6. The van der Waals surface area contributed by atoms with Gasteiger partial charge in [0, 0.05) is 16.0 Å². The zero-order valence-electron chi connectivity index (χ0n) is 17.1. The van der Waals surface area contributed by atoms with Gasteiger partial charge in [0.05, 0.1) is 0 Å². The van der Waals surface area contributed by atoms with Gasteiger partial charge in [0.15, 0.2) is 0 Å². The van der Waals surface area contributed by atoms with Gasteiger partial charge in [0.25, 0.3) is 0 Å². The van der Waals surface area contributed by atoms with E-state index >= 15 is 0 Å². The van der Waals surface area contributed by atoms with Crippen LogP contribution in [0.25, 0.3) is 11.1 Å². The number of fused-ring (bicyclic) bond motifs is 2. The Kier molecular flexibility index (Phi) is 4.36. The van der Waals surface area contributed by atoms with E-state index in [1.165, 1.54) is 0 Å². The lowest BCUT2D eigenvalue weighted by atomic mass is 9.61. The normalized spacial score (nSPS) is 15.9. The highest BCUT2D eigenvalue weighted by Crippen LogP contribution is 2.52. The van der Waals surface area contributed by atoms with E-state index in [1.807, 2.05) is 54.6 Å². The van der Waals surface area contributed by atoms with Gasteiger partial charge in [0.1, 0.15) is 5.60 Å². The average molecular weight is 411 g/mol. The molecule has 0 radical (unpaired) electrons. The van der Waals surface area contributed by atoms with Crippen molar-refractivity contribution in [1.29, 1.82) is 0 Å². The van der Waals surface area contributed by atoms with Crippen LogP contribution in [0.4, 0.5) is 0 Å². The fraction of sp³-hybridized carbons (Fsp3) is 0.143. The fourth-order valence-corrected chi connectivity index (χ4v) is 5.07. The predicted octanol–water partition coefficient (Wildman–Crippen LogP) is 6.93. The van der Waals surface area contributed by atoms with Crippen LogP contribution in [0.2, 0.25) is 5.02 Å². The Labute approximate surface area is 182 Å². The van der Waals surface area contributed by atoms with Crippen LogP contribution in [-0.2, 0) is 11.0 Å². The number of aliphatic hydroxyl groups is 1. The lowest BCUT2D eigenvalue weighted by Crippen LogP contribution is -2.41. The van der Waals surface area contributed by atoms with E-state index < -0.39 is 5.60 Å². The molecule has 0 amide bonds. The quantitative estimate of drug-likeness (QED) is 0.379. The van der Waals surface area contributed by atoms with Crippen molar-refractivity contribution < 1.29 is 5.11 Å². The Balaban J connectivity index is 1.86. The summed E-state index contributed by atoms with van der Waals surface area (Å²) in [6, 6.07) is 32.5. The van der Waals surface area contributed by atoms with Crippen LogP contribution >= 0.6 is 11.6 Å². The van der Waals surface area contributed by atoms with Gasteiger partial charge in [-0.1, -0.05) is 110 Å². The third-order valence-electron chi connectivity index (χ3n) is 6.45. The molecule has 0 unspecified atom stereocenters. The number of rotatable bonds is 2. The molecule has 1 aliphatic rings. The lowest BCUT2D eigenvalue weighted by Gasteiger charge is -2.45. The largest absolute Gasteiger partial charge is 0.376 e. The van der Waals surface area contributed by atoms with E-state index in [4.69, 9.17) is 11.6 Å². The molecule has 0 aromatic heterocycles. The summed E-state index contributed by atoms with van der Waals surface area (Å²) >= 11 is 6.13. The van der Waals surface area contributed by atoms with Crippen molar-refractivity contribution in [1.82, 2.24) is 0 Å². The minimum Gasteiger partial charge on any atom is -0.376 e. The Bertz CT molecular complexity index is 1190. The number of benzene rings is 4. The summed E-state index contributed by atoms with van der Waals surface area (Å²) in [5, 5.41) is 13.2. The summed E-state index contributed by atoms with van der Waals surface area (Å²) in [4.78, 5) is 0. The van der Waals surface area contributed by atoms with Crippen molar-refractivity contribution in [3.8, 4) is 11.1 Å². The van der Waals surface area contributed by atoms with E-state index in [0.29, 0.717) is 5.02 Å². The topological polar surface area (TPSA) is 20.2 Å². The van der Waals surface area contributed by atoms with Crippen molar-refractivity contribution in [3.63, 3.8) is 0 Å². The summed E-state index contributed by atoms with van der Waals surface area (Å²) in [5.41, 5.74) is 5.64. The van der Waals surface area contributed by atoms with Gasteiger partial charge >= 0.3 is 0 Å². The van der Waals surface area contributed by atoms with Crippen LogP contribution in [0, 0.1) is 0 Å². The van der Waals surface area contributed by atoms with Gasteiger partial charge in [-0.25, -0.2) is 0 Å². The van der Waals surface area contributed by atoms with Crippen molar-refractivity contribution in [2.75, 3.05) is 0 Å². The summed E-state index contributed by atoms with van der Waals surface area (Å²) in [6.07, 6.45) is 0. The minimum atomic E-state index is -1.25. The van der Waals surface area contributed by atoms with Crippen LogP contribution in [0.1, 0.15) is 41.7 Å². The number of hydrogen-bond acceptors (Lipinski definition) is 1. The molecule has 0 heterocycles. The molecule has 1 nitrogen and oxygen atoms in total. The predicted molar refractivity (Wildman–Crippen MR) is 124 cm³/mol. The molecule has 0 fully saturated rings. The van der Waals surface area contributed by atoms with Crippen molar-refractivity contribution in [2.45, 2.75) is 24.9 Å². The van der Waals surface area contributed by atoms with E-state index in [-0.39, 0.29) is 5.41 Å². The van der Waals surface area contributed by atoms with E-state index in [0.717, 1.165) is 38.9 Å². The smallest absolute Gasteiger partial charge is 0.141 e. The standard InChI is InChI=1S/C28H23ClO/c1-27(2)23-11-5-7-13-25(23)28(30,26-14-8-6-12-24(26)27)22-10-4-3-9-21(22)19-15-17-20(29)18-16-19/h3-18,30H,1-2H3. The first-order valence-electron chi connectivity index (χ1n) is 10.2. The van der Waals surface area contributed by atoms with Crippen LogP contribution in [0.5, 0.6) is 0 Å². The molecule has 0 spiro atoms. The number of halogens is 1. The molecule has 1 aliphatic carbocycles. The van der Waals surface area contributed by atoms with E-state index in [1.54, 1.807) is 0 Å². The van der Waals surface area contributed by atoms with Crippen molar-refractivity contribution in [3.05, 3.63) is 130 Å². The van der Waals surface area contributed by atoms with Gasteiger partial charge in [-0.2, -0.15) is 0 Å². The van der Waals surface area contributed by atoms with Crippen LogP contribution < -0.4 is 0 Å². The fourth-order valence-electron chi connectivity index (χ4n) is 4.95. The maximum Gasteiger partial charge on any atom is 0.141 e. The second kappa shape index (κ2) is 6.84. The molecule has 5 rings (SSSR count). The molecule has 30 heavy (non-hydrogen) atoms. The molecule has 0 aliphatic heterocycles. The highest BCUT2D eigenvalue weighted by molar-refractivity contribution is 6.30. The van der Waals surface area contributed by atoms with Crippen LogP contribution in [0.15, 0.2) is 97.1 Å². The summed E-state index contributed by atoms with van der Waals surface area (Å²) in [5.74, 6) is 0. The average Bonchev–Trinajstić information content (AvgIpc) is 2.78. The Morgan fingerprint density at radius 1 is 0.567 bits per heavy atom. The molecule has 1 N–H and O–H groups in total. The molecule has 4 aromatic rings. The molecular formula is C28H23ClO. The molecule has 2 heteroatoms. The van der Waals surface area contributed by atoms with Gasteiger partial charge in [-0.05, 0) is 45.5 Å². The van der Waals surface area contributed by atoms with Crippen LogP contribution in [0.3, 0.4) is 0 Å². The number of hydrogen-bond donors (Lipinski definition) is 1. The van der Waals surface area contributed by atoms with Gasteiger partial charge in [-0.3, -0.25) is 0 Å². The molecule has 0 bridgehead atoms. The Morgan fingerprint density at radius 3 is 1.53 bits per heavy atom. The Morgan fingerprint density at radius 2 is 1.00 bits per heavy atom. The maximum atomic E-state index is 12.5. The molecule has 0 saturated heterocycles. The monoisotopic (exact) mass is 410 g/mol. The molecule has 0 atom stereocenters. The zero-order chi connectivity index (χ0) is 20.9. The molecule has 4 aromatic carbocycles. The van der Waals surface area contributed by atoms with Crippen LogP contribution in [-0.4, -0.2) is 5.11 Å². The maximum absolute atomic E-state index is 12.5. The summed E-state index contributed by atoms with van der Waals surface area (Å²) < 4.78 is 0. The van der Waals surface area contributed by atoms with Gasteiger partial charge in [-0.15, -0.1) is 0 Å². The van der Waals surface area contributed by atoms with E-state index in [2.05, 4.69) is 56.3 Å². The SMILES string of the molecule is CC1(C)c2ccccc2C(O)(c2ccccc2-c2ccc(Cl)cc2)c2ccccc21.